The second-order valence-corrected chi connectivity index (χ2v) is 5.22. The van der Waals surface area contributed by atoms with Gasteiger partial charge in [0.15, 0.2) is 0 Å². The van der Waals surface area contributed by atoms with Gasteiger partial charge in [-0.15, -0.1) is 0 Å². The van der Waals surface area contributed by atoms with Crippen LogP contribution in [0.5, 0.6) is 0 Å². The van der Waals surface area contributed by atoms with Gasteiger partial charge >= 0.3 is 8.80 Å². The highest BCUT2D eigenvalue weighted by Crippen LogP contribution is 2.16. The van der Waals surface area contributed by atoms with Crippen LogP contribution in [0.25, 0.3) is 0 Å². The SMILES string of the molecule is CC[CH][Si](OC(C)=O)(OC(C)=O)OC(C)=O. The van der Waals surface area contributed by atoms with E-state index in [1.165, 1.54) is 6.04 Å². The summed E-state index contributed by atoms with van der Waals surface area (Å²) < 4.78 is 14.6. The smallest absolute Gasteiger partial charge is 0.455 e. The first-order valence-corrected chi connectivity index (χ1v) is 6.54. The van der Waals surface area contributed by atoms with E-state index in [2.05, 4.69) is 0 Å². The van der Waals surface area contributed by atoms with E-state index in [9.17, 15) is 14.4 Å². The van der Waals surface area contributed by atoms with Gasteiger partial charge in [-0.3, -0.25) is 14.4 Å². The van der Waals surface area contributed by atoms with Crippen molar-refractivity contribution in [3.8, 4) is 0 Å². The lowest BCUT2D eigenvalue weighted by atomic mass is 10.6. The molecule has 0 spiro atoms. The van der Waals surface area contributed by atoms with Gasteiger partial charge in [-0.2, -0.15) is 0 Å². The third kappa shape index (κ3) is 5.49. The number of hydrogen-bond acceptors (Lipinski definition) is 6. The predicted molar refractivity (Wildman–Crippen MR) is 55.6 cm³/mol. The molecule has 0 heterocycles. The van der Waals surface area contributed by atoms with Crippen molar-refractivity contribution in [3.05, 3.63) is 6.04 Å². The molecule has 0 aromatic heterocycles. The summed E-state index contributed by atoms with van der Waals surface area (Å²) in [7, 11) is -3.66. The van der Waals surface area contributed by atoms with E-state index in [0.29, 0.717) is 6.42 Å². The zero-order valence-electron chi connectivity index (χ0n) is 9.73. The summed E-state index contributed by atoms with van der Waals surface area (Å²) in [6.07, 6.45) is 0.445. The first kappa shape index (κ1) is 14.6. The monoisotopic (exact) mass is 247 g/mol. The quantitative estimate of drug-likeness (QED) is 0.668. The standard InChI is InChI=1S/C9H15O6Si/c1-5-6-16(13-7(2)10,14-8(3)11)15-9(4)12/h6H,5H2,1-4H3. The van der Waals surface area contributed by atoms with Crippen LogP contribution in [0.2, 0.25) is 0 Å². The molecule has 1 radical (unpaired) electrons. The molecule has 0 aliphatic rings. The maximum atomic E-state index is 10.9. The molecule has 6 nitrogen and oxygen atoms in total. The van der Waals surface area contributed by atoms with E-state index >= 15 is 0 Å². The zero-order valence-corrected chi connectivity index (χ0v) is 10.7. The van der Waals surface area contributed by atoms with Crippen LogP contribution in [0.4, 0.5) is 0 Å². The highest BCUT2D eigenvalue weighted by molar-refractivity contribution is 6.69. The number of carbonyl (C=O) groups is 3. The molecule has 0 N–H and O–H groups in total. The Balaban J connectivity index is 4.93. The lowest BCUT2D eigenvalue weighted by Crippen LogP contribution is -2.50. The van der Waals surface area contributed by atoms with Crippen molar-refractivity contribution in [2.45, 2.75) is 34.1 Å². The van der Waals surface area contributed by atoms with Gasteiger partial charge < -0.3 is 13.3 Å². The van der Waals surface area contributed by atoms with E-state index in [0.717, 1.165) is 20.8 Å². The van der Waals surface area contributed by atoms with Crippen molar-refractivity contribution in [1.29, 1.82) is 0 Å². The van der Waals surface area contributed by atoms with Crippen LogP contribution in [0.3, 0.4) is 0 Å². The molecule has 0 rings (SSSR count). The van der Waals surface area contributed by atoms with Crippen LogP contribution in [0.15, 0.2) is 0 Å². The lowest BCUT2D eigenvalue weighted by Gasteiger charge is -2.25. The topological polar surface area (TPSA) is 78.9 Å². The molecule has 0 aromatic rings. The van der Waals surface area contributed by atoms with Crippen LogP contribution in [-0.2, 0) is 27.7 Å². The average molecular weight is 247 g/mol. The fourth-order valence-electron chi connectivity index (χ4n) is 1.04. The van der Waals surface area contributed by atoms with Crippen molar-refractivity contribution in [3.63, 3.8) is 0 Å². The Morgan fingerprint density at radius 3 is 1.44 bits per heavy atom. The first-order valence-electron chi connectivity index (χ1n) is 4.74. The van der Waals surface area contributed by atoms with Crippen LogP contribution in [0, 0.1) is 6.04 Å². The van der Waals surface area contributed by atoms with Gasteiger partial charge in [-0.05, 0) is 6.42 Å². The molecular formula is C9H15O6Si. The van der Waals surface area contributed by atoms with Gasteiger partial charge in [0, 0.05) is 20.8 Å². The van der Waals surface area contributed by atoms with Crippen LogP contribution in [0.1, 0.15) is 34.1 Å². The Morgan fingerprint density at radius 1 is 0.938 bits per heavy atom. The molecule has 0 aromatic carbocycles. The second-order valence-electron chi connectivity index (χ2n) is 3.00. The molecule has 16 heavy (non-hydrogen) atoms. The summed E-state index contributed by atoms with van der Waals surface area (Å²) in [4.78, 5) is 32.7. The van der Waals surface area contributed by atoms with Gasteiger partial charge in [0.2, 0.25) is 0 Å². The van der Waals surface area contributed by atoms with E-state index < -0.39 is 26.7 Å². The number of hydrogen-bond donors (Lipinski definition) is 0. The highest BCUT2D eigenvalue weighted by atomic mass is 28.4. The number of carbonyl (C=O) groups excluding carboxylic acids is 3. The molecule has 0 aliphatic heterocycles. The average Bonchev–Trinajstić information content (AvgIpc) is 1.98. The van der Waals surface area contributed by atoms with E-state index in [4.69, 9.17) is 13.3 Å². The Morgan fingerprint density at radius 2 is 1.25 bits per heavy atom. The minimum absolute atomic E-state index is 0.445. The molecule has 0 aliphatic carbocycles. The molecule has 0 unspecified atom stereocenters. The summed E-state index contributed by atoms with van der Waals surface area (Å²) >= 11 is 0. The van der Waals surface area contributed by atoms with E-state index in [1.54, 1.807) is 6.92 Å². The minimum atomic E-state index is -3.66. The first-order chi connectivity index (χ1) is 7.31. The Kier molecular flexibility index (Phi) is 5.72. The number of rotatable bonds is 5. The molecule has 0 fully saturated rings. The van der Waals surface area contributed by atoms with Crippen molar-refractivity contribution in [2.24, 2.45) is 0 Å². The van der Waals surface area contributed by atoms with Crippen molar-refractivity contribution >= 4 is 26.7 Å². The van der Waals surface area contributed by atoms with E-state index in [-0.39, 0.29) is 0 Å². The normalized spacial score (nSPS) is 10.5. The highest BCUT2D eigenvalue weighted by Gasteiger charge is 2.51. The molecule has 0 saturated carbocycles. The zero-order chi connectivity index (χ0) is 12.8. The van der Waals surface area contributed by atoms with Crippen LogP contribution in [-0.4, -0.2) is 26.7 Å². The molecule has 7 heteroatoms. The molecule has 0 amide bonds. The summed E-state index contributed by atoms with van der Waals surface area (Å²) in [5.74, 6) is -2.00. The molecule has 0 bridgehead atoms. The second kappa shape index (κ2) is 6.26. The van der Waals surface area contributed by atoms with E-state index in [1.807, 2.05) is 0 Å². The Bertz CT molecular complexity index is 247. The van der Waals surface area contributed by atoms with Crippen molar-refractivity contribution < 1.29 is 27.7 Å². The fourth-order valence-corrected chi connectivity index (χ4v) is 3.12. The third-order valence-electron chi connectivity index (χ3n) is 1.31. The van der Waals surface area contributed by atoms with Gasteiger partial charge in [0.25, 0.3) is 17.9 Å². The predicted octanol–water partition coefficient (Wildman–Crippen LogP) is 0.768. The van der Waals surface area contributed by atoms with Crippen LogP contribution < -0.4 is 0 Å². The summed E-state index contributed by atoms with van der Waals surface area (Å²) in [6, 6.07) is 1.41. The van der Waals surface area contributed by atoms with Gasteiger partial charge in [-0.1, -0.05) is 6.92 Å². The maximum Gasteiger partial charge on any atom is 0.708 e. The van der Waals surface area contributed by atoms with Gasteiger partial charge in [0.05, 0.1) is 6.04 Å². The molecule has 0 atom stereocenters. The van der Waals surface area contributed by atoms with Crippen LogP contribution >= 0.6 is 0 Å². The van der Waals surface area contributed by atoms with Gasteiger partial charge in [0.1, 0.15) is 0 Å². The van der Waals surface area contributed by atoms with Crippen molar-refractivity contribution in [2.75, 3.05) is 0 Å². The fraction of sp³-hybridized carbons (Fsp3) is 0.556. The Hall–Kier alpha value is -1.37. The Labute approximate surface area is 95.2 Å². The van der Waals surface area contributed by atoms with Crippen molar-refractivity contribution in [1.82, 2.24) is 0 Å². The summed E-state index contributed by atoms with van der Waals surface area (Å²) in [6.45, 7) is 5.20. The lowest BCUT2D eigenvalue weighted by molar-refractivity contribution is -0.147. The summed E-state index contributed by atoms with van der Waals surface area (Å²) in [5.41, 5.74) is 0. The maximum absolute atomic E-state index is 10.9. The van der Waals surface area contributed by atoms with Gasteiger partial charge in [-0.25, -0.2) is 0 Å². The minimum Gasteiger partial charge on any atom is -0.455 e. The molecule has 0 saturated heterocycles. The molecule has 91 valence electrons. The molecular weight excluding hydrogens is 232 g/mol. The largest absolute Gasteiger partial charge is 0.708 e. The third-order valence-corrected chi connectivity index (χ3v) is 3.94. The summed E-state index contributed by atoms with van der Waals surface area (Å²) in [5, 5.41) is 0.